The van der Waals surface area contributed by atoms with Crippen molar-refractivity contribution in [2.75, 3.05) is 11.9 Å². The Labute approximate surface area is 177 Å². The Balaban J connectivity index is 1.40. The highest BCUT2D eigenvalue weighted by Gasteiger charge is 2.10. The van der Waals surface area contributed by atoms with Gasteiger partial charge in [0.2, 0.25) is 11.0 Å². The Kier molecular flexibility index (Phi) is 7.15. The molecular formula is C20H19ClN4O3S. The number of hydrogen-bond acceptors (Lipinski definition) is 6. The van der Waals surface area contributed by atoms with Gasteiger partial charge in [0, 0.05) is 23.6 Å². The van der Waals surface area contributed by atoms with E-state index in [1.807, 2.05) is 19.1 Å². The van der Waals surface area contributed by atoms with Crippen LogP contribution in [-0.2, 0) is 11.4 Å². The van der Waals surface area contributed by atoms with Crippen molar-refractivity contribution < 1.29 is 14.3 Å². The summed E-state index contributed by atoms with van der Waals surface area (Å²) in [6.45, 7) is 2.38. The third-order valence-corrected chi connectivity index (χ3v) is 4.87. The first kappa shape index (κ1) is 20.8. The van der Waals surface area contributed by atoms with Crippen molar-refractivity contribution in [2.45, 2.75) is 20.0 Å². The van der Waals surface area contributed by atoms with Crippen LogP contribution in [0, 0.1) is 6.92 Å². The highest BCUT2D eigenvalue weighted by Crippen LogP contribution is 2.20. The largest absolute Gasteiger partial charge is 0.486 e. The monoisotopic (exact) mass is 430 g/mol. The van der Waals surface area contributed by atoms with E-state index < -0.39 is 0 Å². The third kappa shape index (κ3) is 6.55. The molecule has 0 radical (unpaired) electrons. The molecular weight excluding hydrogens is 412 g/mol. The second kappa shape index (κ2) is 9.99. The molecule has 2 aromatic carbocycles. The molecule has 7 nitrogen and oxygen atoms in total. The minimum atomic E-state index is -0.254. The molecule has 2 N–H and O–H groups in total. The molecule has 0 saturated carbocycles. The van der Waals surface area contributed by atoms with Gasteiger partial charge in [0.25, 0.3) is 5.91 Å². The molecule has 0 fully saturated rings. The van der Waals surface area contributed by atoms with Gasteiger partial charge in [-0.2, -0.15) is 0 Å². The normalized spacial score (nSPS) is 10.4. The van der Waals surface area contributed by atoms with Crippen molar-refractivity contribution in [3.05, 3.63) is 69.7 Å². The predicted molar refractivity (Wildman–Crippen MR) is 112 cm³/mol. The van der Waals surface area contributed by atoms with Crippen LogP contribution in [0.15, 0.2) is 48.5 Å². The molecule has 3 rings (SSSR count). The predicted octanol–water partition coefficient (Wildman–Crippen LogP) is 3.84. The van der Waals surface area contributed by atoms with Gasteiger partial charge < -0.3 is 15.4 Å². The van der Waals surface area contributed by atoms with E-state index in [1.165, 1.54) is 11.3 Å². The lowest BCUT2D eigenvalue weighted by Gasteiger charge is -2.05. The van der Waals surface area contributed by atoms with Crippen molar-refractivity contribution >= 4 is 39.9 Å². The SMILES string of the molecule is Cc1cccc(C(=O)NCCC(=O)Nc2nnc(COc3ccc(Cl)cc3)s2)c1. The number of carbonyl (C=O) groups excluding carboxylic acids is 2. The summed E-state index contributed by atoms with van der Waals surface area (Å²) in [5.41, 5.74) is 1.57. The lowest BCUT2D eigenvalue weighted by molar-refractivity contribution is -0.116. The van der Waals surface area contributed by atoms with Crippen LogP contribution < -0.4 is 15.4 Å². The lowest BCUT2D eigenvalue weighted by Crippen LogP contribution is -2.27. The Morgan fingerprint density at radius 2 is 1.93 bits per heavy atom. The highest BCUT2D eigenvalue weighted by molar-refractivity contribution is 7.15. The van der Waals surface area contributed by atoms with Gasteiger partial charge in [-0.25, -0.2) is 0 Å². The molecule has 0 aliphatic carbocycles. The number of nitrogens with zero attached hydrogens (tertiary/aromatic N) is 2. The number of carbonyl (C=O) groups is 2. The molecule has 0 aliphatic rings. The topological polar surface area (TPSA) is 93.2 Å². The molecule has 1 heterocycles. The van der Waals surface area contributed by atoms with Crippen molar-refractivity contribution in [3.63, 3.8) is 0 Å². The first-order valence-electron chi connectivity index (χ1n) is 8.85. The van der Waals surface area contributed by atoms with Gasteiger partial charge in [0.15, 0.2) is 5.01 Å². The number of hydrogen-bond donors (Lipinski definition) is 2. The van der Waals surface area contributed by atoms with Crippen molar-refractivity contribution in [2.24, 2.45) is 0 Å². The van der Waals surface area contributed by atoms with Gasteiger partial charge in [-0.1, -0.05) is 40.6 Å². The number of halogens is 1. The second-order valence-corrected chi connectivity index (χ2v) is 7.67. The zero-order valence-electron chi connectivity index (χ0n) is 15.6. The molecule has 150 valence electrons. The summed E-state index contributed by atoms with van der Waals surface area (Å²) < 4.78 is 5.60. The number of aryl methyl sites for hydroxylation is 1. The lowest BCUT2D eigenvalue weighted by atomic mass is 10.1. The summed E-state index contributed by atoms with van der Waals surface area (Å²) in [7, 11) is 0. The van der Waals surface area contributed by atoms with E-state index in [-0.39, 0.29) is 31.4 Å². The Bertz CT molecular complexity index is 991. The number of benzene rings is 2. The minimum absolute atomic E-state index is 0.133. The van der Waals surface area contributed by atoms with Crippen LogP contribution >= 0.6 is 22.9 Å². The number of amides is 2. The standard InChI is InChI=1S/C20H19ClN4O3S/c1-13-3-2-4-14(11-13)19(27)22-10-9-17(26)23-20-25-24-18(29-20)12-28-16-7-5-15(21)6-8-16/h2-8,11H,9-10,12H2,1H3,(H,22,27)(H,23,25,26). The second-order valence-electron chi connectivity index (χ2n) is 6.17. The summed E-state index contributed by atoms with van der Waals surface area (Å²) in [5.74, 6) is 0.203. The first-order chi connectivity index (χ1) is 14.0. The average molecular weight is 431 g/mol. The van der Waals surface area contributed by atoms with Gasteiger partial charge in [-0.15, -0.1) is 10.2 Å². The van der Waals surface area contributed by atoms with E-state index in [0.29, 0.717) is 26.5 Å². The first-order valence-corrected chi connectivity index (χ1v) is 10.0. The zero-order valence-corrected chi connectivity index (χ0v) is 17.2. The molecule has 29 heavy (non-hydrogen) atoms. The molecule has 0 bridgehead atoms. The molecule has 0 spiro atoms. The number of aromatic nitrogens is 2. The van der Waals surface area contributed by atoms with Gasteiger partial charge in [-0.3, -0.25) is 9.59 Å². The molecule has 3 aromatic rings. The summed E-state index contributed by atoms with van der Waals surface area (Å²) in [4.78, 5) is 24.1. The van der Waals surface area contributed by atoms with Crippen LogP contribution in [0.2, 0.25) is 5.02 Å². The maximum atomic E-state index is 12.1. The molecule has 1 aromatic heterocycles. The van der Waals surface area contributed by atoms with Crippen LogP contribution in [-0.4, -0.2) is 28.6 Å². The molecule has 0 saturated heterocycles. The minimum Gasteiger partial charge on any atom is -0.486 e. The molecule has 0 unspecified atom stereocenters. The van der Waals surface area contributed by atoms with Crippen LogP contribution in [0.25, 0.3) is 0 Å². The Morgan fingerprint density at radius 1 is 1.14 bits per heavy atom. The van der Waals surface area contributed by atoms with Crippen LogP contribution in [0.4, 0.5) is 5.13 Å². The molecule has 0 aliphatic heterocycles. The number of rotatable bonds is 8. The van der Waals surface area contributed by atoms with E-state index in [9.17, 15) is 9.59 Å². The maximum absolute atomic E-state index is 12.1. The number of nitrogens with one attached hydrogen (secondary N) is 2. The van der Waals surface area contributed by atoms with E-state index in [4.69, 9.17) is 16.3 Å². The summed E-state index contributed by atoms with van der Waals surface area (Å²) in [6, 6.07) is 14.3. The smallest absolute Gasteiger partial charge is 0.251 e. The zero-order chi connectivity index (χ0) is 20.6. The van der Waals surface area contributed by atoms with E-state index in [1.54, 1.807) is 36.4 Å². The van der Waals surface area contributed by atoms with Crippen LogP contribution in [0.1, 0.15) is 27.3 Å². The van der Waals surface area contributed by atoms with E-state index >= 15 is 0 Å². The Hall–Kier alpha value is -2.97. The summed E-state index contributed by atoms with van der Waals surface area (Å²) >= 11 is 7.06. The van der Waals surface area contributed by atoms with E-state index in [2.05, 4.69) is 20.8 Å². The maximum Gasteiger partial charge on any atom is 0.251 e. The van der Waals surface area contributed by atoms with Gasteiger partial charge in [0.05, 0.1) is 0 Å². The van der Waals surface area contributed by atoms with Crippen LogP contribution in [0.3, 0.4) is 0 Å². The molecule has 2 amide bonds. The number of anilines is 1. The third-order valence-electron chi connectivity index (χ3n) is 3.81. The average Bonchev–Trinajstić information content (AvgIpc) is 3.14. The molecule has 0 atom stereocenters. The summed E-state index contributed by atoms with van der Waals surface area (Å²) in [5, 5.41) is 15.0. The van der Waals surface area contributed by atoms with Crippen molar-refractivity contribution in [3.8, 4) is 5.75 Å². The van der Waals surface area contributed by atoms with Gasteiger partial charge in [-0.05, 0) is 43.3 Å². The van der Waals surface area contributed by atoms with Crippen LogP contribution in [0.5, 0.6) is 5.75 Å². The number of ether oxygens (including phenoxy) is 1. The fourth-order valence-corrected chi connectivity index (χ4v) is 3.19. The van der Waals surface area contributed by atoms with Gasteiger partial charge >= 0.3 is 0 Å². The van der Waals surface area contributed by atoms with Crippen molar-refractivity contribution in [1.29, 1.82) is 0 Å². The fourth-order valence-electron chi connectivity index (χ4n) is 2.40. The van der Waals surface area contributed by atoms with Gasteiger partial charge in [0.1, 0.15) is 12.4 Å². The quantitative estimate of drug-likeness (QED) is 0.566. The fraction of sp³-hybridized carbons (Fsp3) is 0.200. The highest BCUT2D eigenvalue weighted by atomic mass is 35.5. The Morgan fingerprint density at radius 3 is 2.69 bits per heavy atom. The van der Waals surface area contributed by atoms with E-state index in [0.717, 1.165) is 5.56 Å². The van der Waals surface area contributed by atoms with Crippen molar-refractivity contribution in [1.82, 2.24) is 15.5 Å². The summed E-state index contributed by atoms with van der Waals surface area (Å²) in [6.07, 6.45) is 0.133. The molecule has 9 heteroatoms.